The number of phenols is 1. The number of para-hydroxylation sites is 2. The molecule has 1 fully saturated rings. The minimum atomic E-state index is -0.989. The lowest BCUT2D eigenvalue weighted by Crippen LogP contribution is -2.29. The van der Waals surface area contributed by atoms with E-state index < -0.39 is 17.7 Å². The lowest BCUT2D eigenvalue weighted by atomic mass is 9.95. The number of aliphatic hydroxyl groups excluding tert-OH is 1. The van der Waals surface area contributed by atoms with Crippen LogP contribution in [0.1, 0.15) is 31.0 Å². The molecule has 34 heavy (non-hydrogen) atoms. The molecule has 0 aliphatic carbocycles. The summed E-state index contributed by atoms with van der Waals surface area (Å²) in [6.45, 7) is 4.41. The van der Waals surface area contributed by atoms with Gasteiger partial charge in [-0.15, -0.1) is 0 Å². The number of aromatic nitrogens is 1. The predicted octanol–water partition coefficient (Wildman–Crippen LogP) is 4.21. The van der Waals surface area contributed by atoms with Crippen LogP contribution in [-0.2, 0) is 9.59 Å². The number of nitrogens with zero attached hydrogens (tertiary/aromatic N) is 2. The highest BCUT2D eigenvalue weighted by Gasteiger charge is 2.47. The van der Waals surface area contributed by atoms with E-state index in [0.29, 0.717) is 30.3 Å². The SMILES string of the molecule is CCOc1ccc(/C(O)=C2/C(=O)C(=O)N(c3ccccc3O)C2c2ccncc2)c(OCC)c1. The van der Waals surface area contributed by atoms with Crippen LogP contribution >= 0.6 is 0 Å². The van der Waals surface area contributed by atoms with E-state index in [2.05, 4.69) is 4.98 Å². The van der Waals surface area contributed by atoms with E-state index >= 15 is 0 Å². The van der Waals surface area contributed by atoms with Gasteiger partial charge in [-0.25, -0.2) is 0 Å². The number of pyridine rings is 1. The van der Waals surface area contributed by atoms with Gasteiger partial charge in [0.25, 0.3) is 11.7 Å². The molecule has 1 aromatic heterocycles. The summed E-state index contributed by atoms with van der Waals surface area (Å²) < 4.78 is 11.2. The van der Waals surface area contributed by atoms with Gasteiger partial charge in [-0.1, -0.05) is 12.1 Å². The molecule has 1 aliphatic heterocycles. The quantitative estimate of drug-likeness (QED) is 0.309. The molecule has 2 aromatic carbocycles. The average molecular weight is 460 g/mol. The highest BCUT2D eigenvalue weighted by atomic mass is 16.5. The van der Waals surface area contributed by atoms with Gasteiger partial charge in [0.05, 0.1) is 36.1 Å². The first kappa shape index (κ1) is 22.8. The van der Waals surface area contributed by atoms with Crippen LogP contribution in [0.3, 0.4) is 0 Å². The fourth-order valence-corrected chi connectivity index (χ4v) is 3.98. The number of ether oxygens (including phenoxy) is 2. The molecular formula is C26H24N2O6. The van der Waals surface area contributed by atoms with Crippen molar-refractivity contribution in [2.24, 2.45) is 0 Å². The fraction of sp³-hybridized carbons (Fsp3) is 0.192. The molecule has 1 unspecified atom stereocenters. The maximum Gasteiger partial charge on any atom is 0.300 e. The Morgan fingerprint density at radius 2 is 1.71 bits per heavy atom. The van der Waals surface area contributed by atoms with Gasteiger partial charge in [-0.05, 0) is 55.8 Å². The number of rotatable bonds is 7. The van der Waals surface area contributed by atoms with Gasteiger partial charge in [0.15, 0.2) is 0 Å². The second-order valence-electron chi connectivity index (χ2n) is 7.46. The number of phenolic OH excluding ortho intramolecular Hbond substituents is 1. The van der Waals surface area contributed by atoms with Crippen LogP contribution in [-0.4, -0.2) is 40.1 Å². The molecule has 1 saturated heterocycles. The summed E-state index contributed by atoms with van der Waals surface area (Å²) in [5.41, 5.74) is 0.828. The van der Waals surface area contributed by atoms with E-state index in [-0.39, 0.29) is 28.3 Å². The number of carbonyl (C=O) groups is 2. The van der Waals surface area contributed by atoms with Gasteiger partial charge >= 0.3 is 0 Å². The molecule has 174 valence electrons. The number of carbonyl (C=O) groups excluding carboxylic acids is 2. The second-order valence-corrected chi connectivity index (χ2v) is 7.46. The molecule has 3 aromatic rings. The summed E-state index contributed by atoms with van der Waals surface area (Å²) in [6, 6.07) is 13.4. The van der Waals surface area contributed by atoms with Crippen molar-refractivity contribution in [1.29, 1.82) is 0 Å². The monoisotopic (exact) mass is 460 g/mol. The Kier molecular flexibility index (Phi) is 6.49. The zero-order valence-electron chi connectivity index (χ0n) is 18.8. The summed E-state index contributed by atoms with van der Waals surface area (Å²) in [7, 11) is 0. The lowest BCUT2D eigenvalue weighted by molar-refractivity contribution is -0.132. The summed E-state index contributed by atoms with van der Waals surface area (Å²) in [6.07, 6.45) is 3.06. The smallest absolute Gasteiger partial charge is 0.300 e. The molecule has 0 radical (unpaired) electrons. The predicted molar refractivity (Wildman–Crippen MR) is 126 cm³/mol. The number of hydrogen-bond acceptors (Lipinski definition) is 7. The molecule has 1 amide bonds. The number of amides is 1. The third-order valence-electron chi connectivity index (χ3n) is 5.43. The molecule has 8 nitrogen and oxygen atoms in total. The van der Waals surface area contributed by atoms with Gasteiger partial charge in [0.2, 0.25) is 0 Å². The first-order valence-electron chi connectivity index (χ1n) is 10.9. The van der Waals surface area contributed by atoms with Crippen molar-refractivity contribution in [1.82, 2.24) is 4.98 Å². The van der Waals surface area contributed by atoms with Crippen molar-refractivity contribution in [2.45, 2.75) is 19.9 Å². The van der Waals surface area contributed by atoms with Crippen LogP contribution in [0.15, 0.2) is 72.6 Å². The van der Waals surface area contributed by atoms with Crippen LogP contribution in [0, 0.1) is 0 Å². The largest absolute Gasteiger partial charge is 0.507 e. The van der Waals surface area contributed by atoms with Gasteiger partial charge in [0.1, 0.15) is 23.0 Å². The fourth-order valence-electron chi connectivity index (χ4n) is 3.98. The van der Waals surface area contributed by atoms with Crippen LogP contribution in [0.4, 0.5) is 5.69 Å². The zero-order valence-corrected chi connectivity index (χ0v) is 18.8. The highest BCUT2D eigenvalue weighted by Crippen LogP contribution is 2.45. The van der Waals surface area contributed by atoms with E-state index in [0.717, 1.165) is 0 Å². The third kappa shape index (κ3) is 4.05. The molecule has 0 bridgehead atoms. The van der Waals surface area contributed by atoms with E-state index in [1.54, 1.807) is 49.4 Å². The number of anilines is 1. The standard InChI is InChI=1S/C26H24N2O6/c1-3-33-17-9-10-18(21(15-17)34-4-2)24(30)22-23(16-11-13-27-14-12-16)28(26(32)25(22)31)19-7-5-6-8-20(19)29/h5-15,23,29-30H,3-4H2,1-2H3/b24-22-. The number of aliphatic hydroxyl groups is 1. The first-order valence-corrected chi connectivity index (χ1v) is 10.9. The van der Waals surface area contributed by atoms with Crippen molar-refractivity contribution < 1.29 is 29.3 Å². The molecule has 2 heterocycles. The van der Waals surface area contributed by atoms with Gasteiger partial charge in [-0.2, -0.15) is 0 Å². The lowest BCUT2D eigenvalue weighted by Gasteiger charge is -2.26. The maximum absolute atomic E-state index is 13.3. The topological polar surface area (TPSA) is 109 Å². The van der Waals surface area contributed by atoms with E-state index in [1.165, 1.54) is 29.4 Å². The number of hydrogen-bond donors (Lipinski definition) is 2. The van der Waals surface area contributed by atoms with Crippen molar-refractivity contribution >= 4 is 23.1 Å². The minimum Gasteiger partial charge on any atom is -0.507 e. The molecule has 8 heteroatoms. The van der Waals surface area contributed by atoms with Crippen LogP contribution in [0.25, 0.3) is 5.76 Å². The van der Waals surface area contributed by atoms with E-state index in [1.807, 2.05) is 6.92 Å². The van der Waals surface area contributed by atoms with Crippen LogP contribution in [0.5, 0.6) is 17.2 Å². The molecule has 4 rings (SSSR count). The number of Topliss-reactive ketones (excluding diaryl/α,β-unsaturated/α-hetero) is 1. The van der Waals surface area contributed by atoms with Crippen molar-refractivity contribution in [3.05, 3.63) is 83.7 Å². The molecular weight excluding hydrogens is 436 g/mol. The molecule has 0 saturated carbocycles. The number of aromatic hydroxyl groups is 1. The Hall–Kier alpha value is -4.33. The molecule has 1 atom stereocenters. The summed E-state index contributed by atoms with van der Waals surface area (Å²) >= 11 is 0. The van der Waals surface area contributed by atoms with Gasteiger partial charge < -0.3 is 19.7 Å². The molecule has 0 spiro atoms. The van der Waals surface area contributed by atoms with E-state index in [4.69, 9.17) is 9.47 Å². The minimum absolute atomic E-state index is 0.121. The van der Waals surface area contributed by atoms with Crippen molar-refractivity contribution in [2.75, 3.05) is 18.1 Å². The maximum atomic E-state index is 13.3. The van der Waals surface area contributed by atoms with Gasteiger partial charge in [-0.3, -0.25) is 19.5 Å². The van der Waals surface area contributed by atoms with E-state index in [9.17, 15) is 19.8 Å². The third-order valence-corrected chi connectivity index (χ3v) is 5.43. The Labute approximate surface area is 196 Å². The summed E-state index contributed by atoms with van der Waals surface area (Å²) in [4.78, 5) is 31.7. The number of ketones is 1. The van der Waals surface area contributed by atoms with Crippen LogP contribution in [0.2, 0.25) is 0 Å². The normalized spacial score (nSPS) is 17.1. The summed E-state index contributed by atoms with van der Waals surface area (Å²) in [5.74, 6) is -1.44. The Morgan fingerprint density at radius 3 is 2.38 bits per heavy atom. The molecule has 1 aliphatic rings. The summed E-state index contributed by atoms with van der Waals surface area (Å²) in [5, 5.41) is 21.8. The zero-order chi connectivity index (χ0) is 24.2. The van der Waals surface area contributed by atoms with Crippen molar-refractivity contribution in [3.8, 4) is 17.2 Å². The Balaban J connectivity index is 1.94. The Morgan fingerprint density at radius 1 is 1.00 bits per heavy atom. The molecule has 2 N–H and O–H groups in total. The highest BCUT2D eigenvalue weighted by molar-refractivity contribution is 6.52. The Bertz CT molecular complexity index is 1260. The number of benzene rings is 2. The average Bonchev–Trinajstić information content (AvgIpc) is 3.10. The second kappa shape index (κ2) is 9.66. The van der Waals surface area contributed by atoms with Crippen LogP contribution < -0.4 is 14.4 Å². The van der Waals surface area contributed by atoms with Gasteiger partial charge in [0, 0.05) is 18.5 Å². The first-order chi connectivity index (χ1) is 16.5. The van der Waals surface area contributed by atoms with Crippen molar-refractivity contribution in [3.63, 3.8) is 0 Å².